The van der Waals surface area contributed by atoms with Crippen LogP contribution >= 0.6 is 0 Å². The summed E-state index contributed by atoms with van der Waals surface area (Å²) >= 11 is 0. The molecular weight excluding hydrogens is 244 g/mol. The summed E-state index contributed by atoms with van der Waals surface area (Å²) in [4.78, 5) is 11.4. The highest BCUT2D eigenvalue weighted by molar-refractivity contribution is 5.77. The summed E-state index contributed by atoms with van der Waals surface area (Å²) in [6.07, 6.45) is 0.707. The summed E-state index contributed by atoms with van der Waals surface area (Å²) in [7, 11) is 3.26. The van der Waals surface area contributed by atoms with E-state index >= 15 is 0 Å². The molecule has 0 unspecified atom stereocenters. The number of nitrogens with one attached hydrogen (secondary N) is 2. The van der Waals surface area contributed by atoms with Gasteiger partial charge in [0.2, 0.25) is 5.91 Å². The molecule has 0 atom stereocenters. The molecule has 1 aromatic rings. The van der Waals surface area contributed by atoms with Gasteiger partial charge in [-0.1, -0.05) is 6.92 Å². The van der Waals surface area contributed by atoms with Crippen molar-refractivity contribution in [2.24, 2.45) is 0 Å². The van der Waals surface area contributed by atoms with E-state index in [1.807, 2.05) is 25.1 Å². The Morgan fingerprint density at radius 1 is 1.26 bits per heavy atom. The summed E-state index contributed by atoms with van der Waals surface area (Å²) in [6.45, 7) is 3.69. The van der Waals surface area contributed by atoms with E-state index < -0.39 is 0 Å². The van der Waals surface area contributed by atoms with Gasteiger partial charge < -0.3 is 20.1 Å². The first-order valence-corrected chi connectivity index (χ1v) is 6.39. The van der Waals surface area contributed by atoms with Crippen molar-refractivity contribution in [2.45, 2.75) is 13.3 Å². The van der Waals surface area contributed by atoms with Gasteiger partial charge in [-0.15, -0.1) is 0 Å². The molecule has 5 nitrogen and oxygen atoms in total. The third-order valence-corrected chi connectivity index (χ3v) is 2.74. The SMILES string of the molecule is CCNCC(=O)NCCc1cc(OC)ccc1OC. The van der Waals surface area contributed by atoms with E-state index in [9.17, 15) is 4.79 Å². The fourth-order valence-corrected chi connectivity index (χ4v) is 1.71. The number of hydrogen-bond acceptors (Lipinski definition) is 4. The van der Waals surface area contributed by atoms with Crippen LogP contribution in [0.25, 0.3) is 0 Å². The Bertz CT molecular complexity index is 408. The molecule has 0 heterocycles. The first-order valence-electron chi connectivity index (χ1n) is 6.39. The van der Waals surface area contributed by atoms with Crippen LogP contribution in [0.1, 0.15) is 12.5 Å². The van der Waals surface area contributed by atoms with E-state index in [4.69, 9.17) is 9.47 Å². The van der Waals surface area contributed by atoms with Crippen molar-refractivity contribution >= 4 is 5.91 Å². The van der Waals surface area contributed by atoms with Crippen LogP contribution in [0.3, 0.4) is 0 Å². The molecule has 0 aliphatic heterocycles. The van der Waals surface area contributed by atoms with Crippen LogP contribution in [0.2, 0.25) is 0 Å². The molecule has 0 aliphatic rings. The largest absolute Gasteiger partial charge is 0.497 e. The standard InChI is InChI=1S/C14H22N2O3/c1-4-15-10-14(17)16-8-7-11-9-12(18-2)5-6-13(11)19-3/h5-6,9,15H,4,7-8,10H2,1-3H3,(H,16,17). The number of benzene rings is 1. The summed E-state index contributed by atoms with van der Waals surface area (Å²) < 4.78 is 10.5. The molecule has 0 aromatic heterocycles. The van der Waals surface area contributed by atoms with E-state index in [0.29, 0.717) is 19.5 Å². The predicted molar refractivity (Wildman–Crippen MR) is 74.8 cm³/mol. The first-order chi connectivity index (χ1) is 9.21. The van der Waals surface area contributed by atoms with Crippen LogP contribution in [0.15, 0.2) is 18.2 Å². The van der Waals surface area contributed by atoms with Gasteiger partial charge in [-0.3, -0.25) is 4.79 Å². The molecule has 0 spiro atoms. The van der Waals surface area contributed by atoms with Crippen molar-refractivity contribution in [3.05, 3.63) is 23.8 Å². The van der Waals surface area contributed by atoms with Gasteiger partial charge in [0.15, 0.2) is 0 Å². The van der Waals surface area contributed by atoms with Crippen LogP contribution < -0.4 is 20.1 Å². The Labute approximate surface area is 114 Å². The molecular formula is C14H22N2O3. The molecule has 106 valence electrons. The molecule has 0 fully saturated rings. The Morgan fingerprint density at radius 3 is 2.68 bits per heavy atom. The zero-order valence-electron chi connectivity index (χ0n) is 11.8. The number of likely N-dealkylation sites (N-methyl/N-ethyl adjacent to an activating group) is 1. The highest BCUT2D eigenvalue weighted by atomic mass is 16.5. The Morgan fingerprint density at radius 2 is 2.05 bits per heavy atom. The second kappa shape index (κ2) is 8.37. The van der Waals surface area contributed by atoms with E-state index in [1.54, 1.807) is 14.2 Å². The topological polar surface area (TPSA) is 59.6 Å². The fourth-order valence-electron chi connectivity index (χ4n) is 1.71. The molecule has 19 heavy (non-hydrogen) atoms. The molecule has 5 heteroatoms. The average Bonchev–Trinajstić information content (AvgIpc) is 2.44. The Balaban J connectivity index is 2.49. The Hall–Kier alpha value is -1.75. The number of amides is 1. The van der Waals surface area contributed by atoms with Crippen molar-refractivity contribution in [1.29, 1.82) is 0 Å². The number of rotatable bonds is 8. The van der Waals surface area contributed by atoms with Gasteiger partial charge in [-0.2, -0.15) is 0 Å². The van der Waals surface area contributed by atoms with Gasteiger partial charge in [-0.05, 0) is 36.7 Å². The average molecular weight is 266 g/mol. The highest BCUT2D eigenvalue weighted by Gasteiger charge is 2.06. The lowest BCUT2D eigenvalue weighted by atomic mass is 10.1. The molecule has 0 radical (unpaired) electrons. The lowest BCUT2D eigenvalue weighted by molar-refractivity contribution is -0.120. The highest BCUT2D eigenvalue weighted by Crippen LogP contribution is 2.23. The number of hydrogen-bond donors (Lipinski definition) is 2. The van der Waals surface area contributed by atoms with Crippen molar-refractivity contribution in [1.82, 2.24) is 10.6 Å². The summed E-state index contributed by atoms with van der Waals surface area (Å²) in [5.41, 5.74) is 1.02. The minimum Gasteiger partial charge on any atom is -0.497 e. The normalized spacial score (nSPS) is 10.1. The quantitative estimate of drug-likeness (QED) is 0.736. The number of carbonyl (C=O) groups excluding carboxylic acids is 1. The Kier molecular flexibility index (Phi) is 6.74. The predicted octanol–water partition coefficient (Wildman–Crippen LogP) is 0.972. The summed E-state index contributed by atoms with van der Waals surface area (Å²) in [5.74, 6) is 1.60. The molecule has 1 rings (SSSR count). The van der Waals surface area contributed by atoms with Gasteiger partial charge in [0.1, 0.15) is 11.5 Å². The number of methoxy groups -OCH3 is 2. The lowest BCUT2D eigenvalue weighted by Crippen LogP contribution is -2.34. The van der Waals surface area contributed by atoms with E-state index in [2.05, 4.69) is 10.6 Å². The molecule has 1 aromatic carbocycles. The van der Waals surface area contributed by atoms with Gasteiger partial charge in [-0.25, -0.2) is 0 Å². The first kappa shape index (κ1) is 15.3. The third-order valence-electron chi connectivity index (χ3n) is 2.74. The zero-order valence-corrected chi connectivity index (χ0v) is 11.8. The van der Waals surface area contributed by atoms with Gasteiger partial charge in [0.25, 0.3) is 0 Å². The second-order valence-corrected chi connectivity index (χ2v) is 4.06. The van der Waals surface area contributed by atoms with Gasteiger partial charge >= 0.3 is 0 Å². The fraction of sp³-hybridized carbons (Fsp3) is 0.500. The molecule has 2 N–H and O–H groups in total. The number of ether oxygens (including phenoxy) is 2. The summed E-state index contributed by atoms with van der Waals surface area (Å²) in [6, 6.07) is 5.65. The lowest BCUT2D eigenvalue weighted by Gasteiger charge is -2.11. The van der Waals surface area contributed by atoms with Crippen LogP contribution in [0.4, 0.5) is 0 Å². The van der Waals surface area contributed by atoms with Crippen molar-refractivity contribution < 1.29 is 14.3 Å². The number of carbonyl (C=O) groups is 1. The zero-order chi connectivity index (χ0) is 14.1. The van der Waals surface area contributed by atoms with E-state index in [1.165, 1.54) is 0 Å². The van der Waals surface area contributed by atoms with Crippen LogP contribution in [0, 0.1) is 0 Å². The van der Waals surface area contributed by atoms with Gasteiger partial charge in [0.05, 0.1) is 20.8 Å². The smallest absolute Gasteiger partial charge is 0.233 e. The van der Waals surface area contributed by atoms with Crippen LogP contribution in [0.5, 0.6) is 11.5 Å². The maximum absolute atomic E-state index is 11.4. The van der Waals surface area contributed by atoms with Gasteiger partial charge in [0, 0.05) is 6.54 Å². The molecule has 0 bridgehead atoms. The molecule has 0 saturated heterocycles. The molecule has 0 saturated carbocycles. The molecule has 0 aliphatic carbocycles. The maximum Gasteiger partial charge on any atom is 0.233 e. The van der Waals surface area contributed by atoms with Crippen LogP contribution in [-0.4, -0.2) is 39.8 Å². The summed E-state index contributed by atoms with van der Waals surface area (Å²) in [5, 5.41) is 5.84. The van der Waals surface area contributed by atoms with Crippen molar-refractivity contribution in [3.63, 3.8) is 0 Å². The second-order valence-electron chi connectivity index (χ2n) is 4.06. The monoisotopic (exact) mass is 266 g/mol. The minimum absolute atomic E-state index is 0.00344. The van der Waals surface area contributed by atoms with E-state index in [-0.39, 0.29) is 5.91 Å². The third kappa shape index (κ3) is 5.18. The van der Waals surface area contributed by atoms with Crippen molar-refractivity contribution in [3.8, 4) is 11.5 Å². The maximum atomic E-state index is 11.4. The minimum atomic E-state index is 0.00344. The van der Waals surface area contributed by atoms with Crippen LogP contribution in [-0.2, 0) is 11.2 Å². The molecule has 1 amide bonds. The van der Waals surface area contributed by atoms with E-state index in [0.717, 1.165) is 23.6 Å². The van der Waals surface area contributed by atoms with Crippen molar-refractivity contribution in [2.75, 3.05) is 33.9 Å².